The summed E-state index contributed by atoms with van der Waals surface area (Å²) in [5.41, 5.74) is 0.787. The SMILES string of the molecule is CC(C)NC(=O)[C@@H](C)N(Cc1ccc(Br)cc1)C(=O)CN1C(=O)c2ccccc2S1(=O)=O. The van der Waals surface area contributed by atoms with Crippen LogP contribution in [-0.2, 0) is 26.2 Å². The van der Waals surface area contributed by atoms with Crippen LogP contribution in [0.3, 0.4) is 0 Å². The largest absolute Gasteiger partial charge is 0.352 e. The number of hydrogen-bond acceptors (Lipinski definition) is 5. The first kappa shape index (κ1) is 23.9. The molecule has 0 radical (unpaired) electrons. The van der Waals surface area contributed by atoms with Crippen LogP contribution in [0.4, 0.5) is 0 Å². The van der Waals surface area contributed by atoms with Gasteiger partial charge in [-0.15, -0.1) is 0 Å². The van der Waals surface area contributed by atoms with Gasteiger partial charge in [0.2, 0.25) is 11.8 Å². The Labute approximate surface area is 195 Å². The molecule has 0 saturated heterocycles. The first-order chi connectivity index (χ1) is 15.0. The molecule has 3 amide bonds. The zero-order valence-corrected chi connectivity index (χ0v) is 20.3. The Balaban J connectivity index is 1.89. The molecule has 1 N–H and O–H groups in total. The number of halogens is 1. The van der Waals surface area contributed by atoms with Crippen LogP contribution >= 0.6 is 15.9 Å². The quantitative estimate of drug-likeness (QED) is 0.602. The molecule has 2 aromatic carbocycles. The van der Waals surface area contributed by atoms with E-state index in [2.05, 4.69) is 21.2 Å². The summed E-state index contributed by atoms with van der Waals surface area (Å²) in [5, 5.41) is 2.77. The number of nitrogens with zero attached hydrogens (tertiary/aromatic N) is 2. The van der Waals surface area contributed by atoms with Gasteiger partial charge < -0.3 is 10.2 Å². The summed E-state index contributed by atoms with van der Waals surface area (Å²) >= 11 is 3.36. The lowest BCUT2D eigenvalue weighted by Gasteiger charge is -2.30. The average Bonchev–Trinajstić information content (AvgIpc) is 2.93. The van der Waals surface area contributed by atoms with Crippen LogP contribution in [0.25, 0.3) is 0 Å². The predicted octanol–water partition coefficient (Wildman–Crippen LogP) is 2.54. The van der Waals surface area contributed by atoms with E-state index < -0.39 is 34.4 Å². The van der Waals surface area contributed by atoms with Crippen molar-refractivity contribution in [3.63, 3.8) is 0 Å². The van der Waals surface area contributed by atoms with E-state index in [-0.39, 0.29) is 29.0 Å². The van der Waals surface area contributed by atoms with Crippen LogP contribution in [0, 0.1) is 0 Å². The minimum atomic E-state index is -4.14. The molecule has 1 atom stereocenters. The number of sulfonamides is 1. The molecule has 0 bridgehead atoms. The van der Waals surface area contributed by atoms with Gasteiger partial charge in [-0.05, 0) is 50.6 Å². The second-order valence-corrected chi connectivity index (χ2v) is 10.5. The van der Waals surface area contributed by atoms with Crippen LogP contribution in [0.15, 0.2) is 57.9 Å². The third-order valence-electron chi connectivity index (χ3n) is 5.06. The number of carbonyl (C=O) groups is 3. The van der Waals surface area contributed by atoms with E-state index in [9.17, 15) is 22.8 Å². The summed E-state index contributed by atoms with van der Waals surface area (Å²) in [6, 6.07) is 12.0. The molecule has 1 heterocycles. The van der Waals surface area contributed by atoms with Crippen molar-refractivity contribution in [2.75, 3.05) is 6.54 Å². The summed E-state index contributed by atoms with van der Waals surface area (Å²) in [6.45, 7) is 4.57. The predicted molar refractivity (Wildman–Crippen MR) is 122 cm³/mol. The highest BCUT2D eigenvalue weighted by molar-refractivity contribution is 9.10. The topological polar surface area (TPSA) is 104 Å². The van der Waals surface area contributed by atoms with Crippen LogP contribution in [0.1, 0.15) is 36.7 Å². The molecule has 0 unspecified atom stereocenters. The Morgan fingerprint density at radius 2 is 1.69 bits per heavy atom. The third kappa shape index (κ3) is 4.86. The fraction of sp³-hybridized carbons (Fsp3) is 0.318. The zero-order valence-electron chi connectivity index (χ0n) is 17.9. The lowest BCUT2D eigenvalue weighted by Crippen LogP contribution is -2.52. The van der Waals surface area contributed by atoms with Gasteiger partial charge in [0.15, 0.2) is 0 Å². The highest BCUT2D eigenvalue weighted by Gasteiger charge is 2.43. The maximum atomic E-state index is 13.3. The van der Waals surface area contributed by atoms with Gasteiger partial charge in [0, 0.05) is 17.1 Å². The fourth-order valence-corrected chi connectivity index (χ4v) is 5.16. The molecular formula is C22H24BrN3O5S. The first-order valence-electron chi connectivity index (χ1n) is 10.0. The number of benzene rings is 2. The van der Waals surface area contributed by atoms with Crippen LogP contribution < -0.4 is 5.32 Å². The van der Waals surface area contributed by atoms with E-state index in [1.54, 1.807) is 39.0 Å². The number of rotatable bonds is 7. The molecule has 8 nitrogen and oxygen atoms in total. The van der Waals surface area contributed by atoms with Gasteiger partial charge in [0.25, 0.3) is 15.9 Å². The maximum Gasteiger partial charge on any atom is 0.269 e. The summed E-state index contributed by atoms with van der Waals surface area (Å²) in [4.78, 5) is 39.8. The molecule has 32 heavy (non-hydrogen) atoms. The Hall–Kier alpha value is -2.72. The number of nitrogens with one attached hydrogen (secondary N) is 1. The van der Waals surface area contributed by atoms with E-state index in [4.69, 9.17) is 0 Å². The van der Waals surface area contributed by atoms with Gasteiger partial charge in [-0.2, -0.15) is 0 Å². The standard InChI is InChI=1S/C22H24BrN3O5S/c1-14(2)24-21(28)15(3)25(12-16-8-10-17(23)11-9-16)20(27)13-26-22(29)18-6-4-5-7-19(18)32(26,30)31/h4-11,14-15H,12-13H2,1-3H3,(H,24,28)/t15-/m1/s1. The molecule has 0 aliphatic carbocycles. The van der Waals surface area contributed by atoms with Crippen molar-refractivity contribution in [1.29, 1.82) is 0 Å². The minimum Gasteiger partial charge on any atom is -0.352 e. The Kier molecular flexibility index (Phi) is 7.04. The molecule has 10 heteroatoms. The molecule has 2 aromatic rings. The van der Waals surface area contributed by atoms with Gasteiger partial charge in [0.05, 0.1) is 5.56 Å². The molecule has 0 aromatic heterocycles. The van der Waals surface area contributed by atoms with E-state index in [0.717, 1.165) is 10.0 Å². The Morgan fingerprint density at radius 1 is 1.06 bits per heavy atom. The second kappa shape index (κ2) is 9.41. The van der Waals surface area contributed by atoms with Gasteiger partial charge in [-0.25, -0.2) is 12.7 Å². The summed E-state index contributed by atoms with van der Waals surface area (Å²) < 4.78 is 27.1. The molecule has 0 saturated carbocycles. The van der Waals surface area contributed by atoms with Crippen molar-refractivity contribution in [2.24, 2.45) is 0 Å². The Morgan fingerprint density at radius 3 is 2.28 bits per heavy atom. The van der Waals surface area contributed by atoms with E-state index in [1.165, 1.54) is 23.1 Å². The van der Waals surface area contributed by atoms with E-state index in [0.29, 0.717) is 4.31 Å². The molecule has 0 spiro atoms. The number of hydrogen-bond donors (Lipinski definition) is 1. The monoisotopic (exact) mass is 521 g/mol. The highest BCUT2D eigenvalue weighted by atomic mass is 79.9. The number of amides is 3. The first-order valence-corrected chi connectivity index (χ1v) is 12.3. The lowest BCUT2D eigenvalue weighted by molar-refractivity contribution is -0.140. The summed E-state index contributed by atoms with van der Waals surface area (Å²) in [6.07, 6.45) is 0. The number of fused-ring (bicyclic) bond motifs is 1. The summed E-state index contributed by atoms with van der Waals surface area (Å²) in [7, 11) is -4.14. The van der Waals surface area contributed by atoms with Crippen LogP contribution in [0.5, 0.6) is 0 Å². The smallest absolute Gasteiger partial charge is 0.269 e. The van der Waals surface area contributed by atoms with Crippen LogP contribution in [0.2, 0.25) is 0 Å². The van der Waals surface area contributed by atoms with Gasteiger partial charge in [-0.3, -0.25) is 14.4 Å². The zero-order chi connectivity index (χ0) is 23.6. The van der Waals surface area contributed by atoms with E-state index in [1.807, 2.05) is 12.1 Å². The molecular weight excluding hydrogens is 498 g/mol. The average molecular weight is 522 g/mol. The van der Waals surface area contributed by atoms with Crippen molar-refractivity contribution < 1.29 is 22.8 Å². The number of carbonyl (C=O) groups excluding carboxylic acids is 3. The van der Waals surface area contributed by atoms with Gasteiger partial charge >= 0.3 is 0 Å². The highest BCUT2D eigenvalue weighted by Crippen LogP contribution is 2.30. The fourth-order valence-electron chi connectivity index (χ4n) is 3.38. The van der Waals surface area contributed by atoms with E-state index >= 15 is 0 Å². The molecule has 1 aliphatic rings. The van der Waals surface area contributed by atoms with Crippen LogP contribution in [-0.4, -0.2) is 54.0 Å². The van der Waals surface area contributed by atoms with Crippen molar-refractivity contribution in [2.45, 2.75) is 44.3 Å². The molecule has 1 aliphatic heterocycles. The van der Waals surface area contributed by atoms with Gasteiger partial charge in [-0.1, -0.05) is 40.2 Å². The Bertz CT molecular complexity index is 1150. The van der Waals surface area contributed by atoms with Crippen molar-refractivity contribution in [3.8, 4) is 0 Å². The summed E-state index contributed by atoms with van der Waals surface area (Å²) in [5.74, 6) is -1.77. The van der Waals surface area contributed by atoms with Crippen molar-refractivity contribution >= 4 is 43.7 Å². The van der Waals surface area contributed by atoms with Crippen molar-refractivity contribution in [3.05, 3.63) is 64.1 Å². The minimum absolute atomic E-state index is 0.0327. The molecule has 3 rings (SSSR count). The van der Waals surface area contributed by atoms with Crippen molar-refractivity contribution in [1.82, 2.24) is 14.5 Å². The lowest BCUT2D eigenvalue weighted by atomic mass is 10.1. The second-order valence-electron chi connectivity index (χ2n) is 7.80. The van der Waals surface area contributed by atoms with Gasteiger partial charge in [0.1, 0.15) is 17.5 Å². The molecule has 0 fully saturated rings. The molecule has 170 valence electrons. The third-order valence-corrected chi connectivity index (χ3v) is 7.37. The normalized spacial score (nSPS) is 15.4. The maximum absolute atomic E-state index is 13.3.